The zero-order valence-corrected chi connectivity index (χ0v) is 16.9. The molecule has 3 aromatic rings. The number of ether oxygens (including phenoxy) is 1. The summed E-state index contributed by atoms with van der Waals surface area (Å²) in [4.78, 5) is 11.2. The van der Waals surface area contributed by atoms with Crippen LogP contribution in [0.3, 0.4) is 0 Å². The third-order valence-corrected chi connectivity index (χ3v) is 4.93. The van der Waals surface area contributed by atoms with Crippen LogP contribution in [0.2, 0.25) is 0 Å². The molecule has 146 valence electrons. The second kappa shape index (κ2) is 9.99. The minimum absolute atomic E-state index is 0.0738. The van der Waals surface area contributed by atoms with Crippen LogP contribution in [-0.2, 0) is 6.42 Å². The zero-order chi connectivity index (χ0) is 19.8. The number of anilines is 2. The fourth-order valence-electron chi connectivity index (χ4n) is 2.50. The summed E-state index contributed by atoms with van der Waals surface area (Å²) in [6.45, 7) is 3.84. The van der Waals surface area contributed by atoms with Crippen molar-refractivity contribution in [3.63, 3.8) is 0 Å². The second-order valence-corrected chi connectivity index (χ2v) is 7.73. The minimum atomic E-state index is -0.493. The molecule has 28 heavy (non-hydrogen) atoms. The minimum Gasteiger partial charge on any atom is -0.491 e. The number of hydrogen-bond acceptors (Lipinski definition) is 5. The van der Waals surface area contributed by atoms with Crippen molar-refractivity contribution in [2.45, 2.75) is 20.3 Å². The molecule has 1 N–H and O–H groups in total. The Kier molecular flexibility index (Phi) is 7.14. The van der Waals surface area contributed by atoms with Crippen LogP contribution in [0.4, 0.5) is 15.9 Å². The molecule has 0 unspecified atom stereocenters. The van der Waals surface area contributed by atoms with Gasteiger partial charge in [0.25, 0.3) is 0 Å². The number of benzene rings is 1. The Bertz CT molecular complexity index is 948. The molecule has 2 heterocycles. The third-order valence-electron chi connectivity index (χ3n) is 3.86. The number of rotatable bonds is 9. The summed E-state index contributed by atoms with van der Waals surface area (Å²) >= 11 is 1.68. The Hall–Kier alpha value is -2.73. The van der Waals surface area contributed by atoms with E-state index in [1.165, 1.54) is 4.88 Å². The summed E-state index contributed by atoms with van der Waals surface area (Å²) < 4.78 is 17.4. The van der Waals surface area contributed by atoms with Crippen LogP contribution in [0.5, 0.6) is 5.75 Å². The Morgan fingerprint density at radius 2 is 2.04 bits per heavy atom. The Balaban J connectivity index is 1.63. The lowest BCUT2D eigenvalue weighted by molar-refractivity contribution is 0.273. The van der Waals surface area contributed by atoms with Gasteiger partial charge in [-0.05, 0) is 48.4 Å². The van der Waals surface area contributed by atoms with Gasteiger partial charge in [0.2, 0.25) is 0 Å². The number of thiophene rings is 1. The molecule has 3 rings (SSSR count). The summed E-state index contributed by atoms with van der Waals surface area (Å²) in [5.74, 6) is 1.95. The molecular weight excluding hydrogens is 373 g/mol. The van der Waals surface area contributed by atoms with Gasteiger partial charge >= 0.3 is 0 Å². The first-order chi connectivity index (χ1) is 13.6. The van der Waals surface area contributed by atoms with Gasteiger partial charge in [-0.2, -0.15) is 0 Å². The van der Waals surface area contributed by atoms with Gasteiger partial charge in [-0.3, -0.25) is 4.99 Å². The number of pyridine rings is 1. The second-order valence-electron chi connectivity index (χ2n) is 6.61. The van der Waals surface area contributed by atoms with Gasteiger partial charge in [-0.25, -0.2) is 9.37 Å². The van der Waals surface area contributed by atoms with Crippen molar-refractivity contribution < 1.29 is 9.13 Å². The van der Waals surface area contributed by atoms with Crippen molar-refractivity contribution in [2.24, 2.45) is 10.9 Å². The average molecular weight is 398 g/mol. The summed E-state index contributed by atoms with van der Waals surface area (Å²) in [5.41, 5.74) is 0.903. The van der Waals surface area contributed by atoms with Gasteiger partial charge in [0.15, 0.2) is 0 Å². The molecule has 0 bridgehead atoms. The number of alkyl halides is 1. The fourth-order valence-corrected chi connectivity index (χ4v) is 3.49. The largest absolute Gasteiger partial charge is 0.491 e. The molecule has 0 radical (unpaired) electrons. The number of aliphatic imine (C=N–C) groups is 1. The molecular formula is C22H24FN3OS. The molecule has 2 aromatic heterocycles. The van der Waals surface area contributed by atoms with E-state index in [-0.39, 0.29) is 6.61 Å². The quantitative estimate of drug-likeness (QED) is 0.439. The van der Waals surface area contributed by atoms with E-state index < -0.39 is 6.67 Å². The van der Waals surface area contributed by atoms with Crippen molar-refractivity contribution in [2.75, 3.05) is 18.6 Å². The van der Waals surface area contributed by atoms with E-state index in [2.05, 4.69) is 42.4 Å². The first-order valence-electron chi connectivity index (χ1n) is 9.27. The topological polar surface area (TPSA) is 46.5 Å². The third kappa shape index (κ3) is 5.89. The van der Waals surface area contributed by atoms with Gasteiger partial charge < -0.3 is 10.1 Å². The van der Waals surface area contributed by atoms with Crippen molar-refractivity contribution in [3.8, 4) is 5.75 Å². The highest BCUT2D eigenvalue weighted by atomic mass is 32.1. The lowest BCUT2D eigenvalue weighted by Gasteiger charge is -2.07. The molecule has 0 amide bonds. The van der Waals surface area contributed by atoms with Crippen LogP contribution < -0.4 is 10.1 Å². The highest BCUT2D eigenvalue weighted by Crippen LogP contribution is 2.27. The summed E-state index contributed by atoms with van der Waals surface area (Å²) in [5, 5.41) is 4.42. The van der Waals surface area contributed by atoms with Crippen LogP contribution in [0.1, 0.15) is 18.7 Å². The van der Waals surface area contributed by atoms with Crippen molar-refractivity contribution in [1.29, 1.82) is 0 Å². The number of nitrogens with one attached hydrogen (secondary N) is 1. The van der Waals surface area contributed by atoms with Crippen LogP contribution in [0, 0.1) is 5.92 Å². The average Bonchev–Trinajstić information content (AvgIpc) is 3.09. The predicted molar refractivity (Wildman–Crippen MR) is 117 cm³/mol. The van der Waals surface area contributed by atoms with Crippen molar-refractivity contribution in [1.82, 2.24) is 4.98 Å². The number of allylic oxidation sites excluding steroid dienone is 1. The zero-order valence-electron chi connectivity index (χ0n) is 16.1. The molecule has 0 saturated carbocycles. The van der Waals surface area contributed by atoms with E-state index in [0.717, 1.165) is 28.1 Å². The molecule has 0 aliphatic heterocycles. The molecule has 0 atom stereocenters. The number of aromatic nitrogens is 1. The standard InChI is InChI=1S/C22H24FN3OS/c1-16(2)9-12-24-13-10-20-15-17-3-8-21(26-22(17)28-20)25-18-4-6-19(7-5-18)27-14-11-23/h3-9,12-13,15-16H,10-11,14H2,1-2H3,(H,25,26)/b12-9-,24-13?. The normalized spacial score (nSPS) is 11.9. The highest BCUT2D eigenvalue weighted by molar-refractivity contribution is 7.18. The Morgan fingerprint density at radius 1 is 1.21 bits per heavy atom. The van der Waals surface area contributed by atoms with Gasteiger partial charge in [0, 0.05) is 34.8 Å². The van der Waals surface area contributed by atoms with Gasteiger partial charge in [-0.15, -0.1) is 11.3 Å². The maximum Gasteiger partial charge on any atom is 0.132 e. The van der Waals surface area contributed by atoms with Crippen LogP contribution in [-0.4, -0.2) is 24.5 Å². The molecule has 0 saturated heterocycles. The van der Waals surface area contributed by atoms with Crippen LogP contribution >= 0.6 is 11.3 Å². The van der Waals surface area contributed by atoms with E-state index >= 15 is 0 Å². The number of halogens is 1. The maximum absolute atomic E-state index is 12.2. The maximum atomic E-state index is 12.2. The molecule has 0 aliphatic carbocycles. The van der Waals surface area contributed by atoms with Crippen molar-refractivity contribution >= 4 is 39.3 Å². The smallest absolute Gasteiger partial charge is 0.132 e. The first kappa shape index (κ1) is 20.0. The van der Waals surface area contributed by atoms with E-state index in [4.69, 9.17) is 9.72 Å². The summed E-state index contributed by atoms with van der Waals surface area (Å²) in [6, 6.07) is 13.6. The summed E-state index contributed by atoms with van der Waals surface area (Å²) in [6.07, 6.45) is 6.65. The number of nitrogens with zero attached hydrogens (tertiary/aromatic N) is 2. The van der Waals surface area contributed by atoms with Crippen LogP contribution in [0.25, 0.3) is 10.2 Å². The van der Waals surface area contributed by atoms with E-state index in [1.807, 2.05) is 42.7 Å². The van der Waals surface area contributed by atoms with Crippen molar-refractivity contribution in [3.05, 3.63) is 59.6 Å². The lowest BCUT2D eigenvalue weighted by Crippen LogP contribution is -1.98. The van der Waals surface area contributed by atoms with E-state index in [9.17, 15) is 4.39 Å². The molecule has 0 spiro atoms. The Morgan fingerprint density at radius 3 is 2.79 bits per heavy atom. The van der Waals surface area contributed by atoms with Gasteiger partial charge in [0.05, 0.1) is 0 Å². The summed E-state index contributed by atoms with van der Waals surface area (Å²) in [7, 11) is 0. The lowest BCUT2D eigenvalue weighted by atomic mass is 10.2. The Labute approximate surface area is 168 Å². The molecule has 0 aliphatic rings. The van der Waals surface area contributed by atoms with E-state index in [1.54, 1.807) is 11.3 Å². The first-order valence-corrected chi connectivity index (χ1v) is 10.1. The van der Waals surface area contributed by atoms with Gasteiger partial charge in [-0.1, -0.05) is 19.9 Å². The monoisotopic (exact) mass is 397 g/mol. The highest BCUT2D eigenvalue weighted by Gasteiger charge is 2.05. The fraction of sp³-hybridized carbons (Fsp3) is 0.273. The molecule has 6 heteroatoms. The molecule has 1 aromatic carbocycles. The van der Waals surface area contributed by atoms with Gasteiger partial charge in [0.1, 0.15) is 29.7 Å². The van der Waals surface area contributed by atoms with E-state index in [0.29, 0.717) is 11.7 Å². The number of hydrogen-bond donors (Lipinski definition) is 1. The van der Waals surface area contributed by atoms with Crippen LogP contribution in [0.15, 0.2) is 59.7 Å². The molecule has 4 nitrogen and oxygen atoms in total. The number of fused-ring (bicyclic) bond motifs is 1. The molecule has 0 fully saturated rings. The SMILES string of the molecule is CC(C)/C=C\N=CCc1cc2ccc(Nc3ccc(OCCF)cc3)nc2s1. The predicted octanol–water partition coefficient (Wildman–Crippen LogP) is 6.17.